The molecule has 2 aromatic carbocycles. The summed E-state index contributed by atoms with van der Waals surface area (Å²) in [5, 5.41) is 2.78. The number of hydrogen-bond acceptors (Lipinski definition) is 8. The first-order chi connectivity index (χ1) is 19.9. The number of esters is 1. The van der Waals surface area contributed by atoms with Crippen LogP contribution in [0.5, 0.6) is 11.5 Å². The number of amides is 1. The van der Waals surface area contributed by atoms with Gasteiger partial charge in [0.05, 0.1) is 27.1 Å². The van der Waals surface area contributed by atoms with Gasteiger partial charge in [-0.1, -0.05) is 41.4 Å². The van der Waals surface area contributed by atoms with E-state index in [-0.39, 0.29) is 38.4 Å². The van der Waals surface area contributed by atoms with Crippen molar-refractivity contribution in [3.8, 4) is 11.5 Å². The fraction of sp³-hybridized carbons (Fsp3) is 0.321. The lowest BCUT2D eigenvalue weighted by Gasteiger charge is -2.22. The smallest absolute Gasteiger partial charge is 0.387 e. The van der Waals surface area contributed by atoms with Crippen molar-refractivity contribution in [2.75, 3.05) is 19.4 Å². The molecule has 1 amide bonds. The monoisotopic (exact) mass is 642 g/mol. The Kier molecular flexibility index (Phi) is 10.2. The van der Waals surface area contributed by atoms with Crippen molar-refractivity contribution < 1.29 is 41.0 Å². The Labute approximate surface area is 251 Å². The molecule has 3 aromatic rings. The highest BCUT2D eigenvalue weighted by atomic mass is 35.5. The third-order valence-corrected chi connectivity index (χ3v) is 8.07. The average molecular weight is 643 g/mol. The van der Waals surface area contributed by atoms with Crippen LogP contribution in [0.1, 0.15) is 40.4 Å². The Balaban J connectivity index is 1.57. The number of carbonyl (C=O) groups is 2. The van der Waals surface area contributed by atoms with Crippen LogP contribution in [-0.2, 0) is 25.8 Å². The van der Waals surface area contributed by atoms with Crippen LogP contribution in [0.4, 0.5) is 8.78 Å². The summed E-state index contributed by atoms with van der Waals surface area (Å²) >= 11 is 12.6. The van der Waals surface area contributed by atoms with Crippen LogP contribution in [0.3, 0.4) is 0 Å². The van der Waals surface area contributed by atoms with Crippen molar-refractivity contribution in [1.82, 2.24) is 10.3 Å². The second-order valence-electron chi connectivity index (χ2n) is 9.55. The Bertz CT molecular complexity index is 1550. The summed E-state index contributed by atoms with van der Waals surface area (Å²) < 4.78 is 66.2. The zero-order chi connectivity index (χ0) is 30.4. The van der Waals surface area contributed by atoms with Crippen molar-refractivity contribution >= 4 is 44.9 Å². The van der Waals surface area contributed by atoms with Gasteiger partial charge in [-0.05, 0) is 54.2 Å². The summed E-state index contributed by atoms with van der Waals surface area (Å²) in [7, 11) is -3.71. The van der Waals surface area contributed by atoms with Crippen LogP contribution in [0.25, 0.3) is 0 Å². The number of halogens is 4. The van der Waals surface area contributed by atoms with Gasteiger partial charge >= 0.3 is 12.6 Å². The molecule has 0 spiro atoms. The molecule has 0 unspecified atom stereocenters. The maximum absolute atomic E-state index is 13.0. The van der Waals surface area contributed by atoms with Crippen LogP contribution in [-0.4, -0.2) is 51.3 Å². The Morgan fingerprint density at radius 2 is 1.76 bits per heavy atom. The molecule has 1 atom stereocenters. The number of pyridine rings is 1. The highest BCUT2D eigenvalue weighted by molar-refractivity contribution is 7.90. The second-order valence-corrected chi connectivity index (χ2v) is 12.4. The number of alkyl halides is 2. The van der Waals surface area contributed by atoms with Gasteiger partial charge in [-0.2, -0.15) is 8.78 Å². The van der Waals surface area contributed by atoms with Crippen molar-refractivity contribution in [3.63, 3.8) is 0 Å². The van der Waals surface area contributed by atoms with E-state index < -0.39 is 41.0 Å². The molecule has 0 aliphatic heterocycles. The molecule has 1 saturated carbocycles. The van der Waals surface area contributed by atoms with E-state index in [0.717, 1.165) is 19.1 Å². The van der Waals surface area contributed by atoms with Gasteiger partial charge in [-0.3, -0.25) is 14.6 Å². The van der Waals surface area contributed by atoms with Crippen LogP contribution < -0.4 is 14.8 Å². The molecule has 0 saturated heterocycles. The highest BCUT2D eigenvalue weighted by Gasteiger charge is 2.26. The molecule has 4 rings (SSSR count). The molecule has 224 valence electrons. The minimum absolute atomic E-state index is 0.0338. The van der Waals surface area contributed by atoms with E-state index in [0.29, 0.717) is 23.7 Å². The molecule has 9 nitrogen and oxygen atoms in total. The van der Waals surface area contributed by atoms with E-state index in [1.807, 2.05) is 0 Å². The molecule has 1 aromatic heterocycles. The van der Waals surface area contributed by atoms with E-state index in [1.54, 1.807) is 0 Å². The largest absolute Gasteiger partial charge is 0.489 e. The zero-order valence-electron chi connectivity index (χ0n) is 22.2. The summed E-state index contributed by atoms with van der Waals surface area (Å²) in [6.07, 6.45) is 4.53. The quantitative estimate of drug-likeness (QED) is 0.245. The minimum atomic E-state index is -3.71. The highest BCUT2D eigenvalue weighted by Crippen LogP contribution is 2.37. The summed E-state index contributed by atoms with van der Waals surface area (Å²) in [6, 6.07) is 9.71. The molecule has 0 bridgehead atoms. The standard InChI is InChI=1S/C28H26Cl2F2N2O7S/c1-42(37,38)25-5-3-2-4-18(25)27(36)34-14-26(35)40-23(11-19-20(29)12-33-13-21(19)30)17-8-9-22(41-28(31)32)24(10-17)39-15-16-6-7-16/h2-5,8-10,12-13,16,23,28H,6-7,11,14-15H2,1H3,(H,34,36)/t23-/m0/s1. The minimum Gasteiger partial charge on any atom is -0.489 e. The second kappa shape index (κ2) is 13.7. The molecular weight excluding hydrogens is 617 g/mol. The average Bonchev–Trinajstić information content (AvgIpc) is 3.76. The van der Waals surface area contributed by atoms with E-state index in [4.69, 9.17) is 32.7 Å². The van der Waals surface area contributed by atoms with Crippen LogP contribution >= 0.6 is 23.2 Å². The van der Waals surface area contributed by atoms with Gasteiger partial charge in [0.1, 0.15) is 12.6 Å². The Hall–Kier alpha value is -3.48. The van der Waals surface area contributed by atoms with Gasteiger partial charge < -0.3 is 19.5 Å². The van der Waals surface area contributed by atoms with Crippen LogP contribution in [0, 0.1) is 5.92 Å². The van der Waals surface area contributed by atoms with E-state index in [9.17, 15) is 26.8 Å². The topological polar surface area (TPSA) is 121 Å². The Morgan fingerprint density at radius 3 is 2.40 bits per heavy atom. The predicted molar refractivity (Wildman–Crippen MR) is 150 cm³/mol. The SMILES string of the molecule is CS(=O)(=O)c1ccccc1C(=O)NCC(=O)O[C@@H](Cc1c(Cl)cncc1Cl)c1ccc(OC(F)F)c(OCC2CC2)c1. The summed E-state index contributed by atoms with van der Waals surface area (Å²) in [4.78, 5) is 29.4. The number of hydrogen-bond donors (Lipinski definition) is 1. The van der Waals surface area contributed by atoms with E-state index in [2.05, 4.69) is 15.0 Å². The fourth-order valence-electron chi connectivity index (χ4n) is 3.99. The van der Waals surface area contributed by atoms with Crippen LogP contribution in [0.2, 0.25) is 10.0 Å². The molecule has 42 heavy (non-hydrogen) atoms. The first-order valence-electron chi connectivity index (χ1n) is 12.7. The molecule has 14 heteroatoms. The number of sulfone groups is 1. The first kappa shape index (κ1) is 31.5. The number of aromatic nitrogens is 1. The number of nitrogens with zero attached hydrogens (tertiary/aromatic N) is 1. The van der Waals surface area contributed by atoms with Crippen molar-refractivity contribution in [1.29, 1.82) is 0 Å². The normalized spacial score (nSPS) is 13.9. The fourth-order valence-corrected chi connectivity index (χ4v) is 5.40. The molecule has 1 heterocycles. The van der Waals surface area contributed by atoms with Gasteiger partial charge in [-0.25, -0.2) is 8.42 Å². The van der Waals surface area contributed by atoms with Crippen molar-refractivity contribution in [3.05, 3.63) is 81.6 Å². The third kappa shape index (κ3) is 8.52. The van der Waals surface area contributed by atoms with Gasteiger partial charge in [0.15, 0.2) is 21.3 Å². The van der Waals surface area contributed by atoms with E-state index in [1.165, 1.54) is 54.9 Å². The maximum atomic E-state index is 13.0. The lowest BCUT2D eigenvalue weighted by Crippen LogP contribution is -2.32. The molecule has 1 fully saturated rings. The van der Waals surface area contributed by atoms with Crippen molar-refractivity contribution in [2.45, 2.75) is 36.9 Å². The van der Waals surface area contributed by atoms with Gasteiger partial charge in [0.25, 0.3) is 5.91 Å². The third-order valence-electron chi connectivity index (χ3n) is 6.27. The molecule has 0 radical (unpaired) electrons. The lowest BCUT2D eigenvalue weighted by molar-refractivity contribution is -0.148. The van der Waals surface area contributed by atoms with E-state index >= 15 is 0 Å². The number of carbonyl (C=O) groups excluding carboxylic acids is 2. The lowest BCUT2D eigenvalue weighted by atomic mass is 10.0. The predicted octanol–water partition coefficient (Wildman–Crippen LogP) is 5.44. The van der Waals surface area contributed by atoms with Crippen LogP contribution in [0.15, 0.2) is 59.8 Å². The first-order valence-corrected chi connectivity index (χ1v) is 15.3. The zero-order valence-corrected chi connectivity index (χ0v) is 24.5. The molecule has 1 aliphatic carbocycles. The van der Waals surface area contributed by atoms with Gasteiger partial charge in [-0.15, -0.1) is 0 Å². The molecular formula is C28H26Cl2F2N2O7S. The Morgan fingerprint density at radius 1 is 1.07 bits per heavy atom. The summed E-state index contributed by atoms with van der Waals surface area (Å²) in [5.41, 5.74) is 0.630. The maximum Gasteiger partial charge on any atom is 0.387 e. The number of rotatable bonds is 13. The number of ether oxygens (including phenoxy) is 3. The summed E-state index contributed by atoms with van der Waals surface area (Å²) in [6.45, 7) is -3.39. The molecule has 1 aliphatic rings. The van der Waals surface area contributed by atoms with Gasteiger partial charge in [0.2, 0.25) is 0 Å². The molecule has 1 N–H and O–H groups in total. The summed E-state index contributed by atoms with van der Waals surface area (Å²) in [5.74, 6) is -1.50. The number of nitrogens with one attached hydrogen (secondary N) is 1. The van der Waals surface area contributed by atoms with Crippen molar-refractivity contribution in [2.24, 2.45) is 5.92 Å². The number of benzene rings is 2. The van der Waals surface area contributed by atoms with Gasteiger partial charge in [0, 0.05) is 25.1 Å².